The number of para-hydroxylation sites is 2. The normalized spacial score (nSPS) is 11.9. The Morgan fingerprint density at radius 3 is 2.48 bits per heavy atom. The zero-order valence-corrected chi connectivity index (χ0v) is 19.5. The van der Waals surface area contributed by atoms with Gasteiger partial charge in [0.2, 0.25) is 5.91 Å². The SMILES string of the molecule is Cc1ccc(NC(=O)Cn2c(C(C)NC(=O)c3ccccc3Cl)nc3ccccc32)cc1C. The molecule has 4 rings (SSSR count). The number of benzene rings is 3. The third-order valence-corrected chi connectivity index (χ3v) is 5.96. The van der Waals surface area contributed by atoms with Crippen LogP contribution in [0, 0.1) is 13.8 Å². The fourth-order valence-corrected chi connectivity index (χ4v) is 3.96. The van der Waals surface area contributed by atoms with Crippen molar-refractivity contribution in [1.82, 2.24) is 14.9 Å². The molecule has 1 unspecified atom stereocenters. The van der Waals surface area contributed by atoms with Gasteiger partial charge in [0.15, 0.2) is 0 Å². The summed E-state index contributed by atoms with van der Waals surface area (Å²) in [5.74, 6) is 0.116. The number of anilines is 1. The Morgan fingerprint density at radius 2 is 1.73 bits per heavy atom. The molecule has 0 saturated heterocycles. The summed E-state index contributed by atoms with van der Waals surface area (Å²) < 4.78 is 1.84. The van der Waals surface area contributed by atoms with Gasteiger partial charge in [0, 0.05) is 5.69 Å². The third-order valence-electron chi connectivity index (χ3n) is 5.63. The van der Waals surface area contributed by atoms with Crippen molar-refractivity contribution >= 4 is 40.1 Å². The van der Waals surface area contributed by atoms with Gasteiger partial charge >= 0.3 is 0 Å². The average molecular weight is 461 g/mol. The minimum absolute atomic E-state index is 0.0646. The van der Waals surface area contributed by atoms with Crippen LogP contribution < -0.4 is 10.6 Å². The summed E-state index contributed by atoms with van der Waals surface area (Å²) in [7, 11) is 0. The molecular formula is C26H25ClN4O2. The maximum absolute atomic E-state index is 12.9. The van der Waals surface area contributed by atoms with Crippen LogP contribution in [-0.2, 0) is 11.3 Å². The molecule has 2 N–H and O–H groups in total. The predicted molar refractivity (Wildman–Crippen MR) is 132 cm³/mol. The van der Waals surface area contributed by atoms with E-state index in [4.69, 9.17) is 16.6 Å². The van der Waals surface area contributed by atoms with Gasteiger partial charge in [-0.15, -0.1) is 0 Å². The van der Waals surface area contributed by atoms with E-state index >= 15 is 0 Å². The number of hydrogen-bond donors (Lipinski definition) is 2. The fraction of sp³-hybridized carbons (Fsp3) is 0.192. The maximum Gasteiger partial charge on any atom is 0.253 e. The second-order valence-corrected chi connectivity index (χ2v) is 8.47. The third kappa shape index (κ3) is 4.91. The van der Waals surface area contributed by atoms with Crippen LogP contribution in [0.3, 0.4) is 0 Å². The summed E-state index contributed by atoms with van der Waals surface area (Å²) in [6, 6.07) is 19.9. The Kier molecular flexibility index (Phi) is 6.47. The highest BCUT2D eigenvalue weighted by Crippen LogP contribution is 2.23. The Labute approximate surface area is 197 Å². The molecule has 0 aliphatic heterocycles. The maximum atomic E-state index is 12.9. The summed E-state index contributed by atoms with van der Waals surface area (Å²) in [5.41, 5.74) is 4.98. The first kappa shape index (κ1) is 22.6. The zero-order chi connectivity index (χ0) is 23.5. The summed E-state index contributed by atoms with van der Waals surface area (Å²) >= 11 is 6.18. The van der Waals surface area contributed by atoms with Crippen LogP contribution in [0.15, 0.2) is 66.7 Å². The fourth-order valence-electron chi connectivity index (χ4n) is 3.74. The van der Waals surface area contributed by atoms with Crippen LogP contribution >= 0.6 is 11.6 Å². The highest BCUT2D eigenvalue weighted by molar-refractivity contribution is 6.33. The first-order valence-electron chi connectivity index (χ1n) is 10.7. The lowest BCUT2D eigenvalue weighted by Crippen LogP contribution is -2.30. The number of imidazole rings is 1. The highest BCUT2D eigenvalue weighted by atomic mass is 35.5. The van der Waals surface area contributed by atoms with Gasteiger partial charge in [0.05, 0.1) is 27.7 Å². The number of carbonyl (C=O) groups is 2. The second kappa shape index (κ2) is 9.46. The number of aromatic nitrogens is 2. The van der Waals surface area contributed by atoms with Crippen molar-refractivity contribution < 1.29 is 9.59 Å². The lowest BCUT2D eigenvalue weighted by Gasteiger charge is -2.17. The molecule has 0 fully saturated rings. The molecule has 7 heteroatoms. The number of nitrogens with one attached hydrogen (secondary N) is 2. The molecular weight excluding hydrogens is 436 g/mol. The number of aryl methyl sites for hydroxylation is 2. The summed E-state index contributed by atoms with van der Waals surface area (Å²) in [4.78, 5) is 30.4. The van der Waals surface area contributed by atoms with Crippen molar-refractivity contribution in [1.29, 1.82) is 0 Å². The number of nitrogens with zero attached hydrogens (tertiary/aromatic N) is 2. The molecule has 0 aliphatic carbocycles. The molecule has 0 saturated carbocycles. The largest absolute Gasteiger partial charge is 0.342 e. The Bertz CT molecular complexity index is 1350. The molecule has 2 amide bonds. The zero-order valence-electron chi connectivity index (χ0n) is 18.7. The number of rotatable bonds is 6. The van der Waals surface area contributed by atoms with Gasteiger partial charge < -0.3 is 15.2 Å². The molecule has 1 atom stereocenters. The van der Waals surface area contributed by atoms with E-state index < -0.39 is 6.04 Å². The van der Waals surface area contributed by atoms with Crippen molar-refractivity contribution in [3.63, 3.8) is 0 Å². The number of amides is 2. The summed E-state index contributed by atoms with van der Waals surface area (Å²) in [6.45, 7) is 5.95. The monoisotopic (exact) mass is 460 g/mol. The smallest absolute Gasteiger partial charge is 0.253 e. The Hall–Kier alpha value is -3.64. The van der Waals surface area contributed by atoms with Gasteiger partial charge in [-0.2, -0.15) is 0 Å². The van der Waals surface area contributed by atoms with Gasteiger partial charge in [-0.05, 0) is 68.3 Å². The molecule has 0 aliphatic rings. The molecule has 33 heavy (non-hydrogen) atoms. The molecule has 0 bridgehead atoms. The minimum Gasteiger partial charge on any atom is -0.342 e. The van der Waals surface area contributed by atoms with E-state index in [0.29, 0.717) is 16.4 Å². The number of halogens is 1. The molecule has 4 aromatic rings. The van der Waals surface area contributed by atoms with Crippen molar-refractivity contribution in [3.8, 4) is 0 Å². The minimum atomic E-state index is -0.449. The lowest BCUT2D eigenvalue weighted by atomic mass is 10.1. The van der Waals surface area contributed by atoms with E-state index in [0.717, 1.165) is 22.3 Å². The van der Waals surface area contributed by atoms with Gasteiger partial charge in [-0.25, -0.2) is 4.98 Å². The Balaban J connectivity index is 1.60. The number of hydrogen-bond acceptors (Lipinski definition) is 3. The topological polar surface area (TPSA) is 76.0 Å². The quantitative estimate of drug-likeness (QED) is 0.402. The summed E-state index contributed by atoms with van der Waals surface area (Å²) in [5, 5.41) is 6.29. The van der Waals surface area contributed by atoms with Crippen molar-refractivity contribution in [2.75, 3.05) is 5.32 Å². The average Bonchev–Trinajstić information content (AvgIpc) is 3.15. The molecule has 1 aromatic heterocycles. The molecule has 0 spiro atoms. The van der Waals surface area contributed by atoms with Gasteiger partial charge in [-0.3, -0.25) is 9.59 Å². The predicted octanol–water partition coefficient (Wildman–Crippen LogP) is 5.44. The molecule has 168 valence electrons. The van der Waals surface area contributed by atoms with Crippen LogP contribution in [0.25, 0.3) is 11.0 Å². The van der Waals surface area contributed by atoms with Crippen molar-refractivity contribution in [3.05, 3.63) is 94.3 Å². The van der Waals surface area contributed by atoms with E-state index in [1.807, 2.05) is 67.8 Å². The van der Waals surface area contributed by atoms with Crippen LogP contribution in [0.1, 0.15) is 40.3 Å². The first-order valence-corrected chi connectivity index (χ1v) is 11.1. The first-order chi connectivity index (χ1) is 15.8. The van der Waals surface area contributed by atoms with E-state index in [1.54, 1.807) is 24.3 Å². The van der Waals surface area contributed by atoms with Gasteiger partial charge in [-0.1, -0.05) is 41.9 Å². The second-order valence-electron chi connectivity index (χ2n) is 8.07. The van der Waals surface area contributed by atoms with Crippen LogP contribution in [0.5, 0.6) is 0 Å². The number of carbonyl (C=O) groups excluding carboxylic acids is 2. The summed E-state index contributed by atoms with van der Waals surface area (Å²) in [6.07, 6.45) is 0. The highest BCUT2D eigenvalue weighted by Gasteiger charge is 2.21. The Morgan fingerprint density at radius 1 is 1.00 bits per heavy atom. The van der Waals surface area contributed by atoms with Crippen molar-refractivity contribution in [2.24, 2.45) is 0 Å². The number of fused-ring (bicyclic) bond motifs is 1. The van der Waals surface area contributed by atoms with E-state index in [-0.39, 0.29) is 18.4 Å². The molecule has 6 nitrogen and oxygen atoms in total. The van der Waals surface area contributed by atoms with Crippen LogP contribution in [0.2, 0.25) is 5.02 Å². The van der Waals surface area contributed by atoms with Gasteiger partial charge in [0.1, 0.15) is 12.4 Å². The van der Waals surface area contributed by atoms with E-state index in [1.165, 1.54) is 5.56 Å². The van der Waals surface area contributed by atoms with Crippen LogP contribution in [0.4, 0.5) is 5.69 Å². The standard InChI is InChI=1S/C26H25ClN4O2/c1-16-12-13-19(14-17(16)2)29-24(32)15-31-23-11-7-6-10-22(23)30-25(31)18(3)28-26(33)20-8-4-5-9-21(20)27/h4-14,18H,15H2,1-3H3,(H,28,33)(H,29,32). The van der Waals surface area contributed by atoms with Crippen LogP contribution in [-0.4, -0.2) is 21.4 Å². The lowest BCUT2D eigenvalue weighted by molar-refractivity contribution is -0.116. The molecule has 3 aromatic carbocycles. The van der Waals surface area contributed by atoms with E-state index in [9.17, 15) is 9.59 Å². The van der Waals surface area contributed by atoms with Crippen molar-refractivity contribution in [2.45, 2.75) is 33.4 Å². The molecule has 1 heterocycles. The van der Waals surface area contributed by atoms with Gasteiger partial charge in [0.25, 0.3) is 5.91 Å². The molecule has 0 radical (unpaired) electrons. The van der Waals surface area contributed by atoms with E-state index in [2.05, 4.69) is 10.6 Å².